The molecule has 2 amide bonds. The smallest absolute Gasteiger partial charge is 0.255 e. The molecule has 0 aliphatic carbocycles. The lowest BCUT2D eigenvalue weighted by molar-refractivity contribution is -0.166. The fourth-order valence-corrected chi connectivity index (χ4v) is 6.25. The van der Waals surface area contributed by atoms with E-state index in [-0.39, 0.29) is 24.3 Å². The van der Waals surface area contributed by atoms with Crippen molar-refractivity contribution in [3.05, 3.63) is 95.2 Å². The molecule has 2 aliphatic rings. The zero-order valence-corrected chi connectivity index (χ0v) is 23.3. The number of hydrogen-bond acceptors (Lipinski definition) is 4. The molecule has 3 aromatic carbocycles. The molecule has 0 saturated carbocycles. The first-order valence-corrected chi connectivity index (χ1v) is 14.1. The van der Waals surface area contributed by atoms with Crippen molar-refractivity contribution in [3.8, 4) is 11.5 Å². The first-order chi connectivity index (χ1) is 19.5. The number of piperazine rings is 1. The van der Waals surface area contributed by atoms with E-state index in [9.17, 15) is 9.59 Å². The Morgan fingerprint density at radius 2 is 1.73 bits per heavy atom. The van der Waals surface area contributed by atoms with E-state index >= 15 is 0 Å². The molecule has 3 heterocycles. The average Bonchev–Trinajstić information content (AvgIpc) is 3.37. The summed E-state index contributed by atoms with van der Waals surface area (Å²) in [7, 11) is 0. The summed E-state index contributed by atoms with van der Waals surface area (Å²) in [6.45, 7) is 7.90. The van der Waals surface area contributed by atoms with Crippen LogP contribution in [0.2, 0.25) is 0 Å². The summed E-state index contributed by atoms with van der Waals surface area (Å²) < 4.78 is 11.9. The van der Waals surface area contributed by atoms with Gasteiger partial charge in [-0.2, -0.15) is 0 Å². The first kappa shape index (κ1) is 26.0. The van der Waals surface area contributed by atoms with E-state index in [1.807, 2.05) is 74.5 Å². The fraction of sp³-hybridized carbons (Fsp3) is 0.333. The van der Waals surface area contributed by atoms with Gasteiger partial charge in [0.15, 0.2) is 17.0 Å². The van der Waals surface area contributed by atoms with Crippen LogP contribution < -0.4 is 9.47 Å². The zero-order valence-electron chi connectivity index (χ0n) is 23.3. The number of aromatic nitrogens is 1. The largest absolute Gasteiger partial charge is 0.490 e. The summed E-state index contributed by atoms with van der Waals surface area (Å²) in [5, 5.41) is 1.06. The van der Waals surface area contributed by atoms with Gasteiger partial charge in [0.2, 0.25) is 5.91 Å². The Morgan fingerprint density at radius 3 is 2.50 bits per heavy atom. The maximum absolute atomic E-state index is 14.3. The predicted molar refractivity (Wildman–Crippen MR) is 154 cm³/mol. The van der Waals surface area contributed by atoms with Gasteiger partial charge >= 0.3 is 0 Å². The van der Waals surface area contributed by atoms with E-state index in [0.29, 0.717) is 37.8 Å². The number of H-pyrrole nitrogens is 1. The fourth-order valence-electron chi connectivity index (χ4n) is 6.25. The first-order valence-electron chi connectivity index (χ1n) is 14.1. The molecule has 6 rings (SSSR count). The Bertz CT molecular complexity index is 1560. The maximum Gasteiger partial charge on any atom is 0.255 e. The normalized spacial score (nSPS) is 20.4. The Hall–Kier alpha value is -4.26. The Balaban J connectivity index is 1.47. The lowest BCUT2D eigenvalue weighted by Crippen LogP contribution is -2.67. The molecule has 0 bridgehead atoms. The van der Waals surface area contributed by atoms with Crippen LogP contribution in [-0.4, -0.2) is 52.9 Å². The number of fused-ring (bicyclic) bond motifs is 5. The van der Waals surface area contributed by atoms with Crippen molar-refractivity contribution >= 4 is 22.7 Å². The number of rotatable bonds is 8. The zero-order chi connectivity index (χ0) is 27.9. The predicted octanol–water partition coefficient (Wildman–Crippen LogP) is 5.59. The van der Waals surface area contributed by atoms with E-state index in [1.165, 1.54) is 0 Å². The second kappa shape index (κ2) is 10.4. The summed E-state index contributed by atoms with van der Waals surface area (Å²) in [6, 6.07) is 24.0. The van der Waals surface area contributed by atoms with Crippen molar-refractivity contribution in [2.75, 3.05) is 26.3 Å². The molecule has 1 unspecified atom stereocenters. The quantitative estimate of drug-likeness (QED) is 0.318. The van der Waals surface area contributed by atoms with Crippen molar-refractivity contribution in [2.24, 2.45) is 0 Å². The molecule has 1 N–H and O–H groups in total. The van der Waals surface area contributed by atoms with Gasteiger partial charge < -0.3 is 24.3 Å². The Morgan fingerprint density at radius 1 is 0.950 bits per heavy atom. The van der Waals surface area contributed by atoms with Crippen molar-refractivity contribution in [1.29, 1.82) is 0 Å². The van der Waals surface area contributed by atoms with E-state index in [4.69, 9.17) is 9.47 Å². The highest BCUT2D eigenvalue weighted by Crippen LogP contribution is 2.49. The van der Waals surface area contributed by atoms with Crippen molar-refractivity contribution < 1.29 is 19.1 Å². The van der Waals surface area contributed by atoms with Crippen molar-refractivity contribution in [2.45, 2.75) is 45.2 Å². The maximum atomic E-state index is 14.3. The average molecular weight is 538 g/mol. The monoisotopic (exact) mass is 537 g/mol. The molecular formula is C33H35N3O4. The van der Waals surface area contributed by atoms with Gasteiger partial charge in [-0.3, -0.25) is 9.59 Å². The molecule has 2 atom stereocenters. The van der Waals surface area contributed by atoms with Crippen LogP contribution in [0.15, 0.2) is 72.8 Å². The molecule has 1 fully saturated rings. The topological polar surface area (TPSA) is 74.9 Å². The molecule has 206 valence electrons. The van der Waals surface area contributed by atoms with Crippen LogP contribution >= 0.6 is 0 Å². The number of carbonyl (C=O) groups is 2. The van der Waals surface area contributed by atoms with Gasteiger partial charge in [-0.25, -0.2) is 0 Å². The minimum atomic E-state index is -1.14. The van der Waals surface area contributed by atoms with Gasteiger partial charge in [-0.1, -0.05) is 61.5 Å². The molecule has 2 aliphatic heterocycles. The molecule has 7 heteroatoms. The number of nitrogens with zero attached hydrogens (tertiary/aromatic N) is 2. The minimum absolute atomic E-state index is 0.0551. The molecular weight excluding hydrogens is 502 g/mol. The number of para-hydroxylation sites is 1. The molecule has 7 nitrogen and oxygen atoms in total. The molecule has 4 aromatic rings. The van der Waals surface area contributed by atoms with Crippen LogP contribution in [0.3, 0.4) is 0 Å². The summed E-state index contributed by atoms with van der Waals surface area (Å²) in [4.78, 5) is 35.1. The highest BCUT2D eigenvalue weighted by Gasteiger charge is 2.56. The number of ether oxygens (including phenoxy) is 2. The van der Waals surface area contributed by atoms with Gasteiger partial charge in [-0.05, 0) is 55.2 Å². The van der Waals surface area contributed by atoms with E-state index < -0.39 is 5.54 Å². The molecule has 1 aromatic heterocycles. The lowest BCUT2D eigenvalue weighted by atomic mass is 9.76. The number of hydrogen-bond donors (Lipinski definition) is 1. The highest BCUT2D eigenvalue weighted by molar-refractivity contribution is 6.01. The van der Waals surface area contributed by atoms with Crippen LogP contribution in [0.4, 0.5) is 0 Å². The van der Waals surface area contributed by atoms with E-state index in [1.54, 1.807) is 9.80 Å². The van der Waals surface area contributed by atoms with Crippen LogP contribution in [0.5, 0.6) is 11.5 Å². The third-order valence-corrected chi connectivity index (χ3v) is 8.17. The second-order valence-corrected chi connectivity index (χ2v) is 10.7. The third kappa shape index (κ3) is 4.21. The van der Waals surface area contributed by atoms with Crippen LogP contribution in [0.25, 0.3) is 10.9 Å². The van der Waals surface area contributed by atoms with Crippen LogP contribution in [0.1, 0.15) is 55.5 Å². The molecule has 1 saturated heterocycles. The van der Waals surface area contributed by atoms with Gasteiger partial charge in [-0.15, -0.1) is 0 Å². The number of amides is 2. The highest BCUT2D eigenvalue weighted by atomic mass is 16.5. The van der Waals surface area contributed by atoms with Gasteiger partial charge in [0.05, 0.1) is 18.9 Å². The summed E-state index contributed by atoms with van der Waals surface area (Å²) >= 11 is 0. The van der Waals surface area contributed by atoms with Gasteiger partial charge in [0.25, 0.3) is 5.91 Å². The van der Waals surface area contributed by atoms with Gasteiger partial charge in [0, 0.05) is 29.9 Å². The summed E-state index contributed by atoms with van der Waals surface area (Å²) in [5.74, 6) is 1.14. The summed E-state index contributed by atoms with van der Waals surface area (Å²) in [6.07, 6.45) is 0.902. The van der Waals surface area contributed by atoms with Crippen LogP contribution in [-0.2, 0) is 21.7 Å². The van der Waals surface area contributed by atoms with Crippen molar-refractivity contribution in [3.63, 3.8) is 0 Å². The van der Waals surface area contributed by atoms with E-state index in [2.05, 4.69) is 24.0 Å². The lowest BCUT2D eigenvalue weighted by Gasteiger charge is -2.51. The second-order valence-electron chi connectivity index (χ2n) is 10.7. The number of carbonyl (C=O) groups excluding carboxylic acids is 2. The van der Waals surface area contributed by atoms with Gasteiger partial charge in [0.1, 0.15) is 6.54 Å². The minimum Gasteiger partial charge on any atom is -0.490 e. The SMILES string of the molecule is CCCOc1ccc(C2CN3C(=O)CN(Cc4ccccc4)C(=O)[C@]3(C)c3[nH]c4ccccc4c32)cc1OCC. The number of aromatic amines is 1. The number of benzene rings is 3. The Labute approximate surface area is 234 Å². The Kier molecular flexibility index (Phi) is 6.74. The molecule has 0 spiro atoms. The standard InChI is InChI=1S/C33H35N3O4/c1-4-17-40-27-16-15-23(18-28(27)39-5-2)25-20-36-29(37)21-35(19-22-11-7-6-8-12-22)32(38)33(36,3)31-30(25)24-13-9-10-14-26(24)34-31/h6-16,18,25,34H,4-5,17,19-21H2,1-3H3/t25?,33-/m0/s1. The molecule has 0 radical (unpaired) electrons. The molecule has 40 heavy (non-hydrogen) atoms. The van der Waals surface area contributed by atoms with E-state index in [0.717, 1.165) is 39.7 Å². The van der Waals surface area contributed by atoms with Crippen LogP contribution in [0, 0.1) is 0 Å². The summed E-state index contributed by atoms with van der Waals surface area (Å²) in [5.41, 5.74) is 3.68. The number of nitrogens with one attached hydrogen (secondary N) is 1. The third-order valence-electron chi connectivity index (χ3n) is 8.17. The van der Waals surface area contributed by atoms with Crippen molar-refractivity contribution in [1.82, 2.24) is 14.8 Å².